The first kappa shape index (κ1) is 19.8. The summed E-state index contributed by atoms with van der Waals surface area (Å²) in [6.45, 7) is 4.24. The standard InChI is InChI=1S/C22H23FN6O/c1-14(24)13-30-22-9-6-17(11-26-22)19-12-25-21-8-7-20(28-29(19)21)27-15(2)16-4-3-5-18(23)10-16/h3-12,14-15H,13,24H2,1-2H3,(H,27,28)/t14-,15-/m1/s1. The van der Waals surface area contributed by atoms with E-state index in [0.717, 1.165) is 16.8 Å². The summed E-state index contributed by atoms with van der Waals surface area (Å²) in [6, 6.07) is 13.8. The van der Waals surface area contributed by atoms with E-state index in [2.05, 4.69) is 20.4 Å². The van der Waals surface area contributed by atoms with Crippen LogP contribution < -0.4 is 15.8 Å². The Morgan fingerprint density at radius 1 is 1.10 bits per heavy atom. The van der Waals surface area contributed by atoms with Gasteiger partial charge in [-0.1, -0.05) is 12.1 Å². The molecule has 154 valence electrons. The third-order valence-corrected chi connectivity index (χ3v) is 4.60. The van der Waals surface area contributed by atoms with Crippen molar-refractivity contribution in [2.24, 2.45) is 5.73 Å². The Kier molecular flexibility index (Phi) is 5.58. The third-order valence-electron chi connectivity index (χ3n) is 4.60. The molecule has 0 amide bonds. The van der Waals surface area contributed by atoms with Crippen LogP contribution in [-0.4, -0.2) is 32.2 Å². The fourth-order valence-electron chi connectivity index (χ4n) is 3.06. The van der Waals surface area contributed by atoms with Gasteiger partial charge in [0.1, 0.15) is 18.2 Å². The van der Waals surface area contributed by atoms with Crippen LogP contribution in [0, 0.1) is 5.82 Å². The second kappa shape index (κ2) is 8.46. The molecule has 0 aliphatic rings. The summed E-state index contributed by atoms with van der Waals surface area (Å²) >= 11 is 0. The summed E-state index contributed by atoms with van der Waals surface area (Å²) in [5.41, 5.74) is 8.93. The molecule has 2 atom stereocenters. The topological polar surface area (TPSA) is 90.4 Å². The Balaban J connectivity index is 1.57. The molecular formula is C22H23FN6O. The molecule has 8 heteroatoms. The lowest BCUT2D eigenvalue weighted by Gasteiger charge is -2.15. The lowest BCUT2D eigenvalue weighted by Crippen LogP contribution is -2.23. The number of aromatic nitrogens is 4. The van der Waals surface area contributed by atoms with Crippen molar-refractivity contribution in [2.45, 2.75) is 25.9 Å². The number of hydrogen-bond acceptors (Lipinski definition) is 6. The van der Waals surface area contributed by atoms with Crippen LogP contribution in [0.3, 0.4) is 0 Å². The van der Waals surface area contributed by atoms with Gasteiger partial charge in [0.2, 0.25) is 5.88 Å². The fraction of sp³-hybridized carbons (Fsp3) is 0.227. The molecule has 0 aliphatic heterocycles. The smallest absolute Gasteiger partial charge is 0.213 e. The minimum absolute atomic E-state index is 0.0601. The number of nitrogens with zero attached hydrogens (tertiary/aromatic N) is 4. The molecule has 1 aromatic carbocycles. The van der Waals surface area contributed by atoms with Gasteiger partial charge in [0.25, 0.3) is 0 Å². The van der Waals surface area contributed by atoms with Gasteiger partial charge in [-0.05, 0) is 49.7 Å². The van der Waals surface area contributed by atoms with E-state index in [0.29, 0.717) is 24.0 Å². The summed E-state index contributed by atoms with van der Waals surface area (Å²) < 4.78 is 20.8. The van der Waals surface area contributed by atoms with Gasteiger partial charge in [-0.3, -0.25) is 0 Å². The SMILES string of the molecule is C[C@@H](N)COc1ccc(-c2cnc3ccc(N[C@H](C)c4cccc(F)c4)nn23)cn1. The van der Waals surface area contributed by atoms with Gasteiger partial charge in [0, 0.05) is 23.9 Å². The lowest BCUT2D eigenvalue weighted by molar-refractivity contribution is 0.285. The number of rotatable bonds is 7. The summed E-state index contributed by atoms with van der Waals surface area (Å²) in [5, 5.41) is 7.96. The summed E-state index contributed by atoms with van der Waals surface area (Å²) in [6.07, 6.45) is 3.47. The van der Waals surface area contributed by atoms with E-state index in [1.807, 2.05) is 38.1 Å². The molecule has 0 spiro atoms. The average Bonchev–Trinajstić information content (AvgIpc) is 3.16. The molecule has 7 nitrogen and oxygen atoms in total. The monoisotopic (exact) mass is 406 g/mol. The molecule has 3 heterocycles. The maximum absolute atomic E-state index is 13.5. The van der Waals surface area contributed by atoms with Crippen molar-refractivity contribution < 1.29 is 9.13 Å². The molecule has 0 fully saturated rings. The number of ether oxygens (including phenoxy) is 1. The third kappa shape index (κ3) is 4.38. The van der Waals surface area contributed by atoms with Crippen molar-refractivity contribution in [3.63, 3.8) is 0 Å². The van der Waals surface area contributed by atoms with Gasteiger partial charge in [-0.15, -0.1) is 5.10 Å². The normalized spacial score (nSPS) is 13.2. The molecular weight excluding hydrogens is 383 g/mol. The van der Waals surface area contributed by atoms with Gasteiger partial charge in [0.15, 0.2) is 5.65 Å². The molecule has 4 aromatic rings. The Morgan fingerprint density at radius 2 is 1.97 bits per heavy atom. The van der Waals surface area contributed by atoms with Gasteiger partial charge < -0.3 is 15.8 Å². The number of nitrogens with two attached hydrogens (primary N) is 1. The van der Waals surface area contributed by atoms with Crippen LogP contribution in [0.2, 0.25) is 0 Å². The average molecular weight is 406 g/mol. The van der Waals surface area contributed by atoms with Gasteiger partial charge >= 0.3 is 0 Å². The zero-order valence-corrected chi connectivity index (χ0v) is 16.8. The molecule has 3 aromatic heterocycles. The minimum atomic E-state index is -0.262. The number of benzene rings is 1. The summed E-state index contributed by atoms with van der Waals surface area (Å²) in [7, 11) is 0. The Hall–Kier alpha value is -3.52. The van der Waals surface area contributed by atoms with Crippen LogP contribution in [0.5, 0.6) is 5.88 Å². The maximum Gasteiger partial charge on any atom is 0.213 e. The Bertz CT molecular complexity index is 1140. The summed E-state index contributed by atoms with van der Waals surface area (Å²) in [4.78, 5) is 8.75. The van der Waals surface area contributed by atoms with Crippen LogP contribution in [0.1, 0.15) is 25.5 Å². The van der Waals surface area contributed by atoms with E-state index in [4.69, 9.17) is 10.5 Å². The molecule has 0 bridgehead atoms. The van der Waals surface area contributed by atoms with Crippen LogP contribution in [-0.2, 0) is 0 Å². The second-order valence-corrected chi connectivity index (χ2v) is 7.23. The van der Waals surface area contributed by atoms with E-state index in [1.54, 1.807) is 29.0 Å². The quantitative estimate of drug-likeness (QED) is 0.485. The number of halogens is 1. The first-order valence-corrected chi connectivity index (χ1v) is 9.71. The van der Waals surface area contributed by atoms with Crippen molar-refractivity contribution >= 4 is 11.5 Å². The van der Waals surface area contributed by atoms with E-state index in [1.165, 1.54) is 12.1 Å². The van der Waals surface area contributed by atoms with Gasteiger partial charge in [-0.25, -0.2) is 18.9 Å². The molecule has 4 rings (SSSR count). The van der Waals surface area contributed by atoms with Gasteiger partial charge in [-0.2, -0.15) is 0 Å². The Morgan fingerprint density at radius 3 is 2.70 bits per heavy atom. The highest BCUT2D eigenvalue weighted by Gasteiger charge is 2.11. The van der Waals surface area contributed by atoms with Crippen molar-refractivity contribution in [1.29, 1.82) is 0 Å². The number of fused-ring (bicyclic) bond motifs is 1. The zero-order chi connectivity index (χ0) is 21.1. The van der Waals surface area contributed by atoms with Crippen LogP contribution in [0.4, 0.5) is 10.2 Å². The minimum Gasteiger partial charge on any atom is -0.476 e. The van der Waals surface area contributed by atoms with E-state index >= 15 is 0 Å². The number of anilines is 1. The molecule has 0 aliphatic carbocycles. The highest BCUT2D eigenvalue weighted by atomic mass is 19.1. The second-order valence-electron chi connectivity index (χ2n) is 7.23. The highest BCUT2D eigenvalue weighted by molar-refractivity contribution is 5.63. The zero-order valence-electron chi connectivity index (χ0n) is 16.8. The summed E-state index contributed by atoms with van der Waals surface area (Å²) in [5.74, 6) is 0.912. The van der Waals surface area contributed by atoms with Crippen molar-refractivity contribution in [3.05, 3.63) is 72.3 Å². The predicted molar refractivity (Wildman–Crippen MR) is 114 cm³/mol. The lowest BCUT2D eigenvalue weighted by atomic mass is 10.1. The first-order chi connectivity index (χ1) is 14.5. The molecule has 0 unspecified atom stereocenters. The van der Waals surface area contributed by atoms with Crippen molar-refractivity contribution in [3.8, 4) is 17.1 Å². The largest absolute Gasteiger partial charge is 0.476 e. The molecule has 0 radical (unpaired) electrons. The molecule has 3 N–H and O–H groups in total. The number of imidazole rings is 1. The van der Waals surface area contributed by atoms with Gasteiger partial charge in [0.05, 0.1) is 17.9 Å². The van der Waals surface area contributed by atoms with E-state index < -0.39 is 0 Å². The Labute approximate surface area is 173 Å². The first-order valence-electron chi connectivity index (χ1n) is 9.71. The van der Waals surface area contributed by atoms with Crippen molar-refractivity contribution in [1.82, 2.24) is 19.6 Å². The molecule has 0 saturated carbocycles. The van der Waals surface area contributed by atoms with Crippen LogP contribution in [0.15, 0.2) is 60.9 Å². The fourth-order valence-corrected chi connectivity index (χ4v) is 3.06. The van der Waals surface area contributed by atoms with E-state index in [-0.39, 0.29) is 17.9 Å². The van der Waals surface area contributed by atoms with Crippen LogP contribution >= 0.6 is 0 Å². The highest BCUT2D eigenvalue weighted by Crippen LogP contribution is 2.23. The van der Waals surface area contributed by atoms with Crippen LogP contribution in [0.25, 0.3) is 16.9 Å². The number of hydrogen-bond donors (Lipinski definition) is 2. The van der Waals surface area contributed by atoms with E-state index in [9.17, 15) is 4.39 Å². The molecule has 30 heavy (non-hydrogen) atoms. The van der Waals surface area contributed by atoms with Crippen molar-refractivity contribution in [2.75, 3.05) is 11.9 Å². The maximum atomic E-state index is 13.5. The number of nitrogens with one attached hydrogen (secondary N) is 1. The predicted octanol–water partition coefficient (Wildman–Crippen LogP) is 3.83. The molecule has 0 saturated heterocycles. The number of pyridine rings is 1.